The van der Waals surface area contributed by atoms with Crippen molar-refractivity contribution in [3.63, 3.8) is 0 Å². The van der Waals surface area contributed by atoms with Gasteiger partial charge in [-0.05, 0) is 6.42 Å². The van der Waals surface area contributed by atoms with Gasteiger partial charge in [0.1, 0.15) is 6.20 Å². The topological polar surface area (TPSA) is 3.24 Å². The molecule has 1 aliphatic heterocycles. The Kier molecular flexibility index (Phi) is 2.23. The van der Waals surface area contributed by atoms with Crippen LogP contribution in [0.2, 0.25) is 0 Å². The van der Waals surface area contributed by atoms with Crippen LogP contribution in [0.4, 0.5) is 0 Å². The smallest absolute Gasteiger partial charge is 0.165 e. The highest BCUT2D eigenvalue weighted by molar-refractivity contribution is 4.82. The van der Waals surface area contributed by atoms with Crippen molar-refractivity contribution in [1.82, 2.24) is 4.90 Å². The Bertz CT molecular complexity index is 165. The molecule has 0 aliphatic carbocycles. The molecule has 1 aliphatic rings. The molecule has 0 N–H and O–H groups in total. The molecule has 0 aromatic carbocycles. The van der Waals surface area contributed by atoms with Gasteiger partial charge in [-0.3, -0.25) is 4.48 Å². The van der Waals surface area contributed by atoms with E-state index in [0.29, 0.717) is 6.17 Å². The highest BCUT2D eigenvalue weighted by Crippen LogP contribution is 2.21. The summed E-state index contributed by atoms with van der Waals surface area (Å²) in [5.41, 5.74) is 0. The van der Waals surface area contributed by atoms with Gasteiger partial charge in [0.2, 0.25) is 0 Å². The maximum atomic E-state index is 2.29. The third kappa shape index (κ3) is 1.41. The van der Waals surface area contributed by atoms with Crippen LogP contribution in [0.5, 0.6) is 0 Å². The monoisotopic (exact) mass is 155 g/mol. The molecule has 2 heteroatoms. The zero-order chi connectivity index (χ0) is 8.48. The molecule has 0 aromatic heterocycles. The van der Waals surface area contributed by atoms with Crippen molar-refractivity contribution in [3.8, 4) is 0 Å². The first-order chi connectivity index (χ1) is 5.10. The van der Waals surface area contributed by atoms with E-state index in [2.05, 4.69) is 45.2 Å². The lowest BCUT2D eigenvalue weighted by Crippen LogP contribution is -2.48. The lowest BCUT2D eigenvalue weighted by atomic mass is 10.3. The highest BCUT2D eigenvalue weighted by atomic mass is 15.5. The van der Waals surface area contributed by atoms with Gasteiger partial charge in [0.05, 0.1) is 19.8 Å². The maximum Gasteiger partial charge on any atom is 0.165 e. The van der Waals surface area contributed by atoms with Crippen LogP contribution in [-0.4, -0.2) is 36.2 Å². The fraction of sp³-hybridized carbons (Fsp3) is 0.778. The zero-order valence-electron chi connectivity index (χ0n) is 8.04. The molecular formula is C9H19N2+. The molecule has 11 heavy (non-hydrogen) atoms. The van der Waals surface area contributed by atoms with Gasteiger partial charge in [-0.1, -0.05) is 6.92 Å². The van der Waals surface area contributed by atoms with E-state index in [4.69, 9.17) is 0 Å². The van der Waals surface area contributed by atoms with E-state index in [0.717, 1.165) is 4.48 Å². The minimum absolute atomic E-state index is 0.606. The Morgan fingerprint density at radius 2 is 2.18 bits per heavy atom. The lowest BCUT2D eigenvalue weighted by Gasteiger charge is -2.34. The third-order valence-electron chi connectivity index (χ3n) is 2.79. The van der Waals surface area contributed by atoms with Crippen LogP contribution >= 0.6 is 0 Å². The molecular weight excluding hydrogens is 136 g/mol. The van der Waals surface area contributed by atoms with Crippen molar-refractivity contribution in [2.24, 2.45) is 0 Å². The number of nitrogens with zero attached hydrogens (tertiary/aromatic N) is 2. The second-order valence-corrected chi connectivity index (χ2v) is 3.67. The van der Waals surface area contributed by atoms with Gasteiger partial charge in [0, 0.05) is 14.0 Å². The first-order valence-corrected chi connectivity index (χ1v) is 4.36. The number of rotatable bonds is 2. The van der Waals surface area contributed by atoms with Gasteiger partial charge < -0.3 is 4.90 Å². The molecule has 0 aromatic rings. The normalized spacial score (nSPS) is 36.7. The molecule has 0 spiro atoms. The van der Waals surface area contributed by atoms with E-state index in [1.807, 2.05) is 0 Å². The number of quaternary nitrogens is 1. The lowest BCUT2D eigenvalue weighted by molar-refractivity contribution is -0.886. The van der Waals surface area contributed by atoms with Crippen LogP contribution in [0.25, 0.3) is 0 Å². The third-order valence-corrected chi connectivity index (χ3v) is 2.79. The highest BCUT2D eigenvalue weighted by Gasteiger charge is 2.32. The summed E-state index contributed by atoms with van der Waals surface area (Å²) in [6, 6.07) is 0. The summed E-state index contributed by atoms with van der Waals surface area (Å²) in [7, 11) is 4.43. The Morgan fingerprint density at radius 3 is 2.55 bits per heavy atom. The minimum Gasteiger partial charge on any atom is -0.327 e. The van der Waals surface area contributed by atoms with Gasteiger partial charge in [0.25, 0.3) is 0 Å². The predicted molar refractivity (Wildman–Crippen MR) is 47.7 cm³/mol. The Morgan fingerprint density at radius 1 is 1.55 bits per heavy atom. The molecule has 0 saturated carbocycles. The molecule has 64 valence electrons. The van der Waals surface area contributed by atoms with Crippen LogP contribution < -0.4 is 0 Å². The van der Waals surface area contributed by atoms with Crippen molar-refractivity contribution in [1.29, 1.82) is 0 Å². The average Bonchev–Trinajstić information content (AvgIpc) is 2.19. The van der Waals surface area contributed by atoms with E-state index < -0.39 is 0 Å². The molecule has 1 rings (SSSR count). The molecule has 0 amide bonds. The van der Waals surface area contributed by atoms with E-state index in [1.165, 1.54) is 13.0 Å². The molecule has 2 atom stereocenters. The molecule has 0 radical (unpaired) electrons. The standard InChI is InChI=1S/C9H19N2/c1-5-7-11(4)8-6-10(3)9(11)2/h6,8-9H,5,7H2,1-4H3/q+1. The molecule has 2 nitrogen and oxygen atoms in total. The minimum atomic E-state index is 0.606. The van der Waals surface area contributed by atoms with Crippen molar-refractivity contribution in [3.05, 3.63) is 12.4 Å². The zero-order valence-corrected chi connectivity index (χ0v) is 8.04. The summed E-state index contributed by atoms with van der Waals surface area (Å²) in [4.78, 5) is 2.27. The quantitative estimate of drug-likeness (QED) is 0.548. The molecule has 0 fully saturated rings. The summed E-state index contributed by atoms with van der Waals surface area (Å²) in [6.07, 6.45) is 6.32. The van der Waals surface area contributed by atoms with Crippen LogP contribution in [0, 0.1) is 0 Å². The number of hydrogen-bond donors (Lipinski definition) is 0. The fourth-order valence-corrected chi connectivity index (χ4v) is 1.67. The van der Waals surface area contributed by atoms with E-state index in [9.17, 15) is 0 Å². The van der Waals surface area contributed by atoms with E-state index in [-0.39, 0.29) is 0 Å². The van der Waals surface area contributed by atoms with E-state index in [1.54, 1.807) is 0 Å². The van der Waals surface area contributed by atoms with Crippen molar-refractivity contribution >= 4 is 0 Å². The maximum absolute atomic E-state index is 2.29. The average molecular weight is 155 g/mol. The van der Waals surface area contributed by atoms with Gasteiger partial charge in [-0.15, -0.1) is 0 Å². The molecule has 0 bridgehead atoms. The predicted octanol–water partition coefficient (Wildman–Crippen LogP) is 1.61. The van der Waals surface area contributed by atoms with Crippen LogP contribution in [0.3, 0.4) is 0 Å². The van der Waals surface area contributed by atoms with Gasteiger partial charge >= 0.3 is 0 Å². The summed E-state index contributed by atoms with van der Waals surface area (Å²) in [6.45, 7) is 5.75. The SMILES string of the molecule is CCC[N+]1(C)C=CN(C)C1C. The molecule has 1 heterocycles. The van der Waals surface area contributed by atoms with Crippen molar-refractivity contribution < 1.29 is 4.48 Å². The summed E-state index contributed by atoms with van der Waals surface area (Å²) in [5.74, 6) is 0. The number of hydrogen-bond acceptors (Lipinski definition) is 1. The second kappa shape index (κ2) is 2.86. The summed E-state index contributed by atoms with van der Waals surface area (Å²) < 4.78 is 1.06. The Labute approximate surface area is 69.7 Å². The van der Waals surface area contributed by atoms with Crippen LogP contribution in [0.15, 0.2) is 12.4 Å². The van der Waals surface area contributed by atoms with Gasteiger partial charge in [0.15, 0.2) is 6.17 Å². The van der Waals surface area contributed by atoms with Crippen molar-refractivity contribution in [2.45, 2.75) is 26.4 Å². The molecule has 2 unspecified atom stereocenters. The van der Waals surface area contributed by atoms with Gasteiger partial charge in [-0.2, -0.15) is 0 Å². The summed E-state index contributed by atoms with van der Waals surface area (Å²) in [5, 5.41) is 0. The van der Waals surface area contributed by atoms with Crippen LogP contribution in [0.1, 0.15) is 20.3 Å². The van der Waals surface area contributed by atoms with Crippen LogP contribution in [-0.2, 0) is 0 Å². The Hall–Kier alpha value is -0.500. The Balaban J connectivity index is 2.65. The van der Waals surface area contributed by atoms with E-state index >= 15 is 0 Å². The van der Waals surface area contributed by atoms with Crippen molar-refractivity contribution in [2.75, 3.05) is 20.6 Å². The first-order valence-electron chi connectivity index (χ1n) is 4.36. The first kappa shape index (κ1) is 8.60. The van der Waals surface area contributed by atoms with Gasteiger partial charge in [-0.25, -0.2) is 0 Å². The fourth-order valence-electron chi connectivity index (χ4n) is 1.67. The largest absolute Gasteiger partial charge is 0.327 e. The second-order valence-electron chi connectivity index (χ2n) is 3.67. The summed E-state index contributed by atoms with van der Waals surface area (Å²) >= 11 is 0. The molecule has 0 saturated heterocycles.